The molecule has 0 saturated carbocycles. The molecule has 2 aromatic carbocycles. The first-order valence-corrected chi connectivity index (χ1v) is 7.36. The molecule has 0 aliphatic rings. The molecule has 6 heteroatoms. The number of hydrogen-bond donors (Lipinski definition) is 2. The third-order valence-corrected chi connectivity index (χ3v) is 3.89. The maximum atomic E-state index is 13.1. The van der Waals surface area contributed by atoms with E-state index >= 15 is 0 Å². The van der Waals surface area contributed by atoms with E-state index in [9.17, 15) is 14.0 Å². The number of benzene rings is 2. The fraction of sp³-hybridized carbons (Fsp3) is 0.125. The monoisotopic (exact) mass is 364 g/mol. The van der Waals surface area contributed by atoms with E-state index in [1.165, 1.54) is 18.2 Å². The van der Waals surface area contributed by atoms with Gasteiger partial charge in [-0.05, 0) is 29.8 Å². The Hall–Kier alpha value is -2.21. The Morgan fingerprint density at radius 1 is 1.18 bits per heavy atom. The summed E-state index contributed by atoms with van der Waals surface area (Å²) in [6.45, 7) is 0. The highest BCUT2D eigenvalue weighted by molar-refractivity contribution is 9.10. The Bertz CT molecular complexity index is 706. The van der Waals surface area contributed by atoms with Crippen LogP contribution in [-0.2, 0) is 11.2 Å². The summed E-state index contributed by atoms with van der Waals surface area (Å²) in [6, 6.07) is 11.7. The second kappa shape index (κ2) is 7.17. The van der Waals surface area contributed by atoms with Crippen molar-refractivity contribution in [2.75, 3.05) is 0 Å². The summed E-state index contributed by atoms with van der Waals surface area (Å²) in [5.41, 5.74) is 6.32. The van der Waals surface area contributed by atoms with Crippen LogP contribution in [-0.4, -0.2) is 17.9 Å². The summed E-state index contributed by atoms with van der Waals surface area (Å²) in [5.74, 6) is -1.72. The van der Waals surface area contributed by atoms with Crippen molar-refractivity contribution >= 4 is 27.7 Å². The Balaban J connectivity index is 2.14. The predicted octanol–water partition coefficient (Wildman–Crippen LogP) is 2.41. The third kappa shape index (κ3) is 4.14. The van der Waals surface area contributed by atoms with E-state index in [2.05, 4.69) is 21.2 Å². The lowest BCUT2D eigenvalue weighted by molar-refractivity contribution is -0.119. The number of halogens is 2. The molecule has 3 N–H and O–H groups in total. The largest absolute Gasteiger partial charge is 0.368 e. The molecule has 0 unspecified atom stereocenters. The van der Waals surface area contributed by atoms with Gasteiger partial charge < -0.3 is 11.1 Å². The topological polar surface area (TPSA) is 72.2 Å². The summed E-state index contributed by atoms with van der Waals surface area (Å²) < 4.78 is 14.0. The number of nitrogens with one attached hydrogen (secondary N) is 1. The molecule has 0 spiro atoms. The van der Waals surface area contributed by atoms with Crippen molar-refractivity contribution in [3.8, 4) is 0 Å². The van der Waals surface area contributed by atoms with E-state index in [-0.39, 0.29) is 12.0 Å². The minimum absolute atomic E-state index is 0.137. The van der Waals surface area contributed by atoms with Crippen LogP contribution in [0.15, 0.2) is 53.0 Å². The number of carbonyl (C=O) groups excluding carboxylic acids is 2. The molecule has 2 rings (SSSR count). The maximum Gasteiger partial charge on any atom is 0.252 e. The lowest BCUT2D eigenvalue weighted by Crippen LogP contribution is -2.45. The van der Waals surface area contributed by atoms with Crippen LogP contribution in [0.2, 0.25) is 0 Å². The van der Waals surface area contributed by atoms with Gasteiger partial charge in [0.1, 0.15) is 11.9 Å². The molecule has 0 aliphatic heterocycles. The van der Waals surface area contributed by atoms with Gasteiger partial charge in [0.2, 0.25) is 5.91 Å². The lowest BCUT2D eigenvalue weighted by atomic mass is 10.0. The van der Waals surface area contributed by atoms with Gasteiger partial charge in [0.25, 0.3) is 5.91 Å². The number of hydrogen-bond acceptors (Lipinski definition) is 2. The van der Waals surface area contributed by atoms with E-state index in [0.29, 0.717) is 0 Å². The molecule has 0 radical (unpaired) electrons. The average Bonchev–Trinajstić information content (AvgIpc) is 2.48. The standard InChI is InChI=1S/C16H14BrFN2O2/c17-13-7-2-1-4-10(13)9-14(15(19)21)20-16(22)11-5-3-6-12(18)8-11/h1-8,14H,9H2,(H2,19,21)(H,20,22)/t14-/m1/s1. The number of amides is 2. The minimum Gasteiger partial charge on any atom is -0.368 e. The molecule has 2 amide bonds. The van der Waals surface area contributed by atoms with Gasteiger partial charge in [-0.1, -0.05) is 40.2 Å². The fourth-order valence-electron chi connectivity index (χ4n) is 1.98. The van der Waals surface area contributed by atoms with E-state index in [1.807, 2.05) is 24.3 Å². The third-order valence-electron chi connectivity index (χ3n) is 3.12. The Kier molecular flexibility index (Phi) is 5.27. The van der Waals surface area contributed by atoms with E-state index in [0.717, 1.165) is 16.1 Å². The summed E-state index contributed by atoms with van der Waals surface area (Å²) in [7, 11) is 0. The molecule has 0 bridgehead atoms. The van der Waals surface area contributed by atoms with E-state index in [1.54, 1.807) is 0 Å². The fourth-order valence-corrected chi connectivity index (χ4v) is 2.42. The first-order valence-electron chi connectivity index (χ1n) is 6.56. The zero-order valence-corrected chi connectivity index (χ0v) is 13.1. The van der Waals surface area contributed by atoms with Crippen LogP contribution >= 0.6 is 15.9 Å². The highest BCUT2D eigenvalue weighted by Crippen LogP contribution is 2.17. The molecular weight excluding hydrogens is 351 g/mol. The molecule has 1 atom stereocenters. The molecular formula is C16H14BrFN2O2. The first-order chi connectivity index (χ1) is 10.5. The average molecular weight is 365 g/mol. The normalized spacial score (nSPS) is 11.7. The minimum atomic E-state index is -0.880. The summed E-state index contributed by atoms with van der Waals surface area (Å²) in [4.78, 5) is 23.7. The second-order valence-corrected chi connectivity index (χ2v) is 5.59. The van der Waals surface area contributed by atoms with Gasteiger partial charge in [0.15, 0.2) is 0 Å². The van der Waals surface area contributed by atoms with Gasteiger partial charge in [-0.3, -0.25) is 9.59 Å². The van der Waals surface area contributed by atoms with Crippen LogP contribution in [0.5, 0.6) is 0 Å². The Morgan fingerprint density at radius 3 is 2.55 bits per heavy atom. The molecule has 0 heterocycles. The molecule has 22 heavy (non-hydrogen) atoms. The van der Waals surface area contributed by atoms with Crippen molar-refractivity contribution < 1.29 is 14.0 Å². The van der Waals surface area contributed by atoms with Crippen LogP contribution in [0, 0.1) is 5.82 Å². The van der Waals surface area contributed by atoms with Crippen molar-refractivity contribution in [2.45, 2.75) is 12.5 Å². The summed E-state index contributed by atoms with van der Waals surface area (Å²) >= 11 is 3.38. The molecule has 0 saturated heterocycles. The van der Waals surface area contributed by atoms with Crippen LogP contribution in [0.3, 0.4) is 0 Å². The highest BCUT2D eigenvalue weighted by atomic mass is 79.9. The van der Waals surface area contributed by atoms with E-state index < -0.39 is 23.7 Å². The molecule has 0 fully saturated rings. The van der Waals surface area contributed by atoms with Crippen LogP contribution < -0.4 is 11.1 Å². The van der Waals surface area contributed by atoms with Gasteiger partial charge in [-0.15, -0.1) is 0 Å². The lowest BCUT2D eigenvalue weighted by Gasteiger charge is -2.16. The molecule has 2 aromatic rings. The number of nitrogens with two attached hydrogens (primary N) is 1. The zero-order valence-electron chi connectivity index (χ0n) is 11.6. The van der Waals surface area contributed by atoms with Crippen molar-refractivity contribution in [3.05, 3.63) is 69.9 Å². The van der Waals surface area contributed by atoms with Crippen molar-refractivity contribution in [1.29, 1.82) is 0 Å². The van der Waals surface area contributed by atoms with Gasteiger partial charge in [-0.25, -0.2) is 4.39 Å². The van der Waals surface area contributed by atoms with Crippen LogP contribution in [0.4, 0.5) is 4.39 Å². The van der Waals surface area contributed by atoms with Gasteiger partial charge >= 0.3 is 0 Å². The summed E-state index contributed by atoms with van der Waals surface area (Å²) in [5, 5.41) is 2.53. The van der Waals surface area contributed by atoms with E-state index in [4.69, 9.17) is 5.73 Å². The number of primary amides is 1. The highest BCUT2D eigenvalue weighted by Gasteiger charge is 2.20. The Labute approximate surface area is 135 Å². The van der Waals surface area contributed by atoms with Crippen LogP contribution in [0.25, 0.3) is 0 Å². The van der Waals surface area contributed by atoms with Crippen LogP contribution in [0.1, 0.15) is 15.9 Å². The van der Waals surface area contributed by atoms with Gasteiger partial charge in [0.05, 0.1) is 0 Å². The SMILES string of the molecule is NC(=O)[C@@H](Cc1ccccc1Br)NC(=O)c1cccc(F)c1. The molecule has 0 aliphatic carbocycles. The number of carbonyl (C=O) groups is 2. The van der Waals surface area contributed by atoms with Crippen molar-refractivity contribution in [1.82, 2.24) is 5.32 Å². The second-order valence-electron chi connectivity index (χ2n) is 4.73. The van der Waals surface area contributed by atoms with Crippen molar-refractivity contribution in [2.24, 2.45) is 5.73 Å². The smallest absolute Gasteiger partial charge is 0.252 e. The first kappa shape index (κ1) is 16.2. The predicted molar refractivity (Wildman–Crippen MR) is 84.7 cm³/mol. The van der Waals surface area contributed by atoms with Crippen molar-refractivity contribution in [3.63, 3.8) is 0 Å². The molecule has 0 aromatic heterocycles. The van der Waals surface area contributed by atoms with Gasteiger partial charge in [0, 0.05) is 16.5 Å². The Morgan fingerprint density at radius 2 is 1.91 bits per heavy atom. The maximum absolute atomic E-state index is 13.1. The number of rotatable bonds is 5. The summed E-state index contributed by atoms with van der Waals surface area (Å²) in [6.07, 6.45) is 0.248. The quantitative estimate of drug-likeness (QED) is 0.854. The van der Waals surface area contributed by atoms with Gasteiger partial charge in [-0.2, -0.15) is 0 Å². The molecule has 4 nitrogen and oxygen atoms in total. The zero-order chi connectivity index (χ0) is 16.1. The molecule has 114 valence electrons.